The van der Waals surface area contributed by atoms with E-state index in [2.05, 4.69) is 4.74 Å². The zero-order valence-electron chi connectivity index (χ0n) is 5.33. The Morgan fingerprint density at radius 1 is 1.89 bits per heavy atom. The van der Waals surface area contributed by atoms with Crippen LogP contribution in [0.5, 0.6) is 0 Å². The molecule has 9 heavy (non-hydrogen) atoms. The molecule has 4 heteroatoms. The minimum atomic E-state index is -0.858. The summed E-state index contributed by atoms with van der Waals surface area (Å²) in [5, 5.41) is 8.29. The molecular formula is C5H11NO3. The van der Waals surface area contributed by atoms with E-state index in [1.807, 2.05) is 0 Å². The van der Waals surface area contributed by atoms with Crippen molar-refractivity contribution in [2.45, 2.75) is 6.92 Å². The van der Waals surface area contributed by atoms with Crippen LogP contribution in [0.2, 0.25) is 0 Å². The summed E-state index contributed by atoms with van der Waals surface area (Å²) in [7, 11) is 0. The average Bonchev–Trinajstić information content (AvgIpc) is 1.82. The smallest absolute Gasteiger partial charge is 0.308 e. The van der Waals surface area contributed by atoms with Gasteiger partial charge in [-0.05, 0) is 6.92 Å². The van der Waals surface area contributed by atoms with Gasteiger partial charge in [0, 0.05) is 0 Å². The largest absolute Gasteiger partial charge is 0.481 e. The van der Waals surface area contributed by atoms with E-state index in [4.69, 9.17) is 10.8 Å². The highest BCUT2D eigenvalue weighted by molar-refractivity contribution is 5.69. The van der Waals surface area contributed by atoms with Crippen molar-refractivity contribution in [3.8, 4) is 0 Å². The van der Waals surface area contributed by atoms with Gasteiger partial charge in [-0.3, -0.25) is 4.79 Å². The first-order chi connectivity index (χ1) is 4.18. The molecule has 54 valence electrons. The molecule has 4 nitrogen and oxygen atoms in total. The first kappa shape index (κ1) is 8.39. The van der Waals surface area contributed by atoms with E-state index in [0.29, 0.717) is 0 Å². The van der Waals surface area contributed by atoms with E-state index in [9.17, 15) is 4.79 Å². The summed E-state index contributed by atoms with van der Waals surface area (Å²) in [4.78, 5) is 10.1. The van der Waals surface area contributed by atoms with Crippen molar-refractivity contribution < 1.29 is 14.6 Å². The first-order valence-corrected chi connectivity index (χ1v) is 2.69. The Morgan fingerprint density at radius 3 is 2.78 bits per heavy atom. The topological polar surface area (TPSA) is 72.5 Å². The highest BCUT2D eigenvalue weighted by Crippen LogP contribution is 1.93. The molecule has 0 rings (SSSR count). The average molecular weight is 133 g/mol. The van der Waals surface area contributed by atoms with Crippen LogP contribution < -0.4 is 5.73 Å². The van der Waals surface area contributed by atoms with E-state index in [-0.39, 0.29) is 13.3 Å². The standard InChI is InChI=1S/C5H11NO3/c1-4(5(7)8)2-9-3-6/h4H,2-3,6H2,1H3,(H,7,8). The van der Waals surface area contributed by atoms with Crippen LogP contribution in [-0.4, -0.2) is 24.4 Å². The van der Waals surface area contributed by atoms with Crippen LogP contribution in [0, 0.1) is 5.92 Å². The van der Waals surface area contributed by atoms with Gasteiger partial charge in [0.05, 0.1) is 19.3 Å². The van der Waals surface area contributed by atoms with Crippen molar-refractivity contribution in [3.05, 3.63) is 0 Å². The molecule has 0 saturated carbocycles. The molecule has 0 heterocycles. The lowest BCUT2D eigenvalue weighted by Gasteiger charge is -2.03. The molecule has 1 unspecified atom stereocenters. The van der Waals surface area contributed by atoms with Crippen LogP contribution in [0.15, 0.2) is 0 Å². The fraction of sp³-hybridized carbons (Fsp3) is 0.800. The minimum Gasteiger partial charge on any atom is -0.481 e. The molecule has 0 aliphatic carbocycles. The zero-order valence-corrected chi connectivity index (χ0v) is 5.33. The van der Waals surface area contributed by atoms with E-state index < -0.39 is 11.9 Å². The molecule has 0 bridgehead atoms. The highest BCUT2D eigenvalue weighted by atomic mass is 16.5. The number of carbonyl (C=O) groups is 1. The fourth-order valence-corrected chi connectivity index (χ4v) is 0.316. The second-order valence-electron chi connectivity index (χ2n) is 1.78. The molecule has 0 spiro atoms. The molecule has 0 amide bonds. The number of rotatable bonds is 4. The van der Waals surface area contributed by atoms with Gasteiger partial charge in [0.1, 0.15) is 0 Å². The van der Waals surface area contributed by atoms with E-state index in [0.717, 1.165) is 0 Å². The summed E-state index contributed by atoms with van der Waals surface area (Å²) in [5.41, 5.74) is 4.96. The van der Waals surface area contributed by atoms with Crippen molar-refractivity contribution in [1.82, 2.24) is 0 Å². The Bertz CT molecular complexity index is 94.2. The molecular weight excluding hydrogens is 122 g/mol. The van der Waals surface area contributed by atoms with Gasteiger partial charge in [0.25, 0.3) is 0 Å². The molecule has 0 fully saturated rings. The Morgan fingerprint density at radius 2 is 2.44 bits per heavy atom. The zero-order chi connectivity index (χ0) is 7.28. The predicted molar refractivity (Wildman–Crippen MR) is 31.8 cm³/mol. The van der Waals surface area contributed by atoms with Gasteiger partial charge in [-0.1, -0.05) is 0 Å². The lowest BCUT2D eigenvalue weighted by molar-refractivity contribution is -0.143. The molecule has 0 radical (unpaired) electrons. The quantitative estimate of drug-likeness (QED) is 0.514. The van der Waals surface area contributed by atoms with Gasteiger partial charge >= 0.3 is 5.97 Å². The second-order valence-corrected chi connectivity index (χ2v) is 1.78. The molecule has 0 aromatic rings. The van der Waals surface area contributed by atoms with Crippen molar-refractivity contribution in [3.63, 3.8) is 0 Å². The van der Waals surface area contributed by atoms with Gasteiger partial charge in [0.15, 0.2) is 0 Å². The molecule has 3 N–H and O–H groups in total. The molecule has 0 aliphatic heterocycles. The molecule has 0 aromatic carbocycles. The van der Waals surface area contributed by atoms with E-state index in [1.54, 1.807) is 6.92 Å². The van der Waals surface area contributed by atoms with Crippen LogP contribution in [0.1, 0.15) is 6.92 Å². The number of aliphatic carboxylic acids is 1. The molecule has 0 aliphatic rings. The monoisotopic (exact) mass is 133 g/mol. The van der Waals surface area contributed by atoms with E-state index >= 15 is 0 Å². The minimum absolute atomic E-state index is 0.0810. The van der Waals surface area contributed by atoms with Crippen LogP contribution in [-0.2, 0) is 9.53 Å². The van der Waals surface area contributed by atoms with Gasteiger partial charge in [0.2, 0.25) is 0 Å². The highest BCUT2D eigenvalue weighted by Gasteiger charge is 2.09. The summed E-state index contributed by atoms with van der Waals surface area (Å²) in [5.74, 6) is -1.32. The number of hydrogen-bond acceptors (Lipinski definition) is 3. The Hall–Kier alpha value is -0.610. The summed E-state index contributed by atoms with van der Waals surface area (Å²) in [6, 6.07) is 0. The van der Waals surface area contributed by atoms with Crippen LogP contribution in [0.4, 0.5) is 0 Å². The third kappa shape index (κ3) is 3.93. The van der Waals surface area contributed by atoms with Gasteiger partial charge in [-0.25, -0.2) is 0 Å². The number of carboxylic acids is 1. The fourth-order valence-electron chi connectivity index (χ4n) is 0.316. The SMILES string of the molecule is CC(COCN)C(=O)O. The predicted octanol–water partition coefficient (Wildman–Crippen LogP) is -0.360. The number of ether oxygens (including phenoxy) is 1. The number of nitrogens with two attached hydrogens (primary N) is 1. The maximum atomic E-state index is 10.1. The first-order valence-electron chi connectivity index (χ1n) is 2.69. The van der Waals surface area contributed by atoms with Crippen molar-refractivity contribution in [1.29, 1.82) is 0 Å². The van der Waals surface area contributed by atoms with Crippen LogP contribution >= 0.6 is 0 Å². The van der Waals surface area contributed by atoms with Crippen molar-refractivity contribution in [2.75, 3.05) is 13.3 Å². The number of hydrogen-bond donors (Lipinski definition) is 2. The van der Waals surface area contributed by atoms with Crippen molar-refractivity contribution >= 4 is 5.97 Å². The lowest BCUT2D eigenvalue weighted by atomic mass is 10.2. The van der Waals surface area contributed by atoms with Crippen LogP contribution in [0.25, 0.3) is 0 Å². The lowest BCUT2D eigenvalue weighted by Crippen LogP contribution is -2.18. The normalized spacial score (nSPS) is 13.1. The summed E-state index contributed by atoms with van der Waals surface area (Å²) in [6.45, 7) is 1.83. The summed E-state index contributed by atoms with van der Waals surface area (Å²) >= 11 is 0. The third-order valence-electron chi connectivity index (χ3n) is 0.907. The van der Waals surface area contributed by atoms with E-state index in [1.165, 1.54) is 0 Å². The summed E-state index contributed by atoms with van der Waals surface area (Å²) < 4.78 is 4.65. The Balaban J connectivity index is 3.27. The second kappa shape index (κ2) is 4.29. The molecule has 0 saturated heterocycles. The number of carboxylic acid groups (broad SMARTS) is 1. The third-order valence-corrected chi connectivity index (χ3v) is 0.907. The van der Waals surface area contributed by atoms with Gasteiger partial charge in [-0.2, -0.15) is 0 Å². The van der Waals surface area contributed by atoms with Gasteiger partial charge < -0.3 is 15.6 Å². The Labute approximate surface area is 53.6 Å². The van der Waals surface area contributed by atoms with Crippen LogP contribution in [0.3, 0.4) is 0 Å². The van der Waals surface area contributed by atoms with Gasteiger partial charge in [-0.15, -0.1) is 0 Å². The maximum absolute atomic E-state index is 10.1. The molecule has 1 atom stereocenters. The Kier molecular flexibility index (Phi) is 4.00. The summed E-state index contributed by atoms with van der Waals surface area (Å²) in [6.07, 6.45) is 0. The maximum Gasteiger partial charge on any atom is 0.308 e. The molecule has 0 aromatic heterocycles. The van der Waals surface area contributed by atoms with Crippen molar-refractivity contribution in [2.24, 2.45) is 11.7 Å².